The second-order valence-corrected chi connectivity index (χ2v) is 7.50. The SMILES string of the molecule is O=C1CCN([C@H]2CCCC[C@@H]2OCCCOC2CCCCC2)C1. The van der Waals surface area contributed by atoms with Crippen molar-refractivity contribution in [3.05, 3.63) is 0 Å². The van der Waals surface area contributed by atoms with Crippen LogP contribution in [-0.2, 0) is 14.3 Å². The Morgan fingerprint density at radius 2 is 1.65 bits per heavy atom. The average molecular weight is 323 g/mol. The molecule has 0 aromatic heterocycles. The standard InChI is InChI=1S/C19H33NO3/c21-16-11-12-20(15-16)18-9-4-5-10-19(18)23-14-6-13-22-17-7-2-1-3-8-17/h17-19H,1-15H2/t18-,19-/m0/s1. The highest BCUT2D eigenvalue weighted by molar-refractivity contribution is 5.82. The molecule has 2 aliphatic carbocycles. The Bertz CT molecular complexity index is 368. The first-order chi connectivity index (χ1) is 11.3. The molecule has 0 N–H and O–H groups in total. The van der Waals surface area contributed by atoms with E-state index in [0.717, 1.165) is 39.0 Å². The van der Waals surface area contributed by atoms with Crippen LogP contribution in [0.25, 0.3) is 0 Å². The third-order valence-corrected chi connectivity index (χ3v) is 5.72. The largest absolute Gasteiger partial charge is 0.378 e. The Labute approximate surface area is 140 Å². The summed E-state index contributed by atoms with van der Waals surface area (Å²) in [6.45, 7) is 3.23. The summed E-state index contributed by atoms with van der Waals surface area (Å²) >= 11 is 0. The molecule has 3 fully saturated rings. The van der Waals surface area contributed by atoms with Gasteiger partial charge in [-0.1, -0.05) is 32.1 Å². The topological polar surface area (TPSA) is 38.8 Å². The monoisotopic (exact) mass is 323 g/mol. The number of likely N-dealkylation sites (tertiary alicyclic amines) is 1. The number of hydrogen-bond acceptors (Lipinski definition) is 4. The molecule has 0 bridgehead atoms. The van der Waals surface area contributed by atoms with Crippen LogP contribution in [0.15, 0.2) is 0 Å². The van der Waals surface area contributed by atoms with E-state index in [4.69, 9.17) is 9.47 Å². The molecule has 4 heteroatoms. The number of carbonyl (C=O) groups excluding carboxylic acids is 1. The van der Waals surface area contributed by atoms with Crippen molar-refractivity contribution in [3.8, 4) is 0 Å². The van der Waals surface area contributed by atoms with Gasteiger partial charge in [0.25, 0.3) is 0 Å². The second kappa shape index (κ2) is 9.14. The minimum atomic E-state index is 0.323. The highest BCUT2D eigenvalue weighted by Gasteiger charge is 2.34. The molecule has 132 valence electrons. The normalized spacial score (nSPS) is 30.9. The van der Waals surface area contributed by atoms with E-state index in [1.165, 1.54) is 51.4 Å². The Kier molecular flexibility index (Phi) is 6.91. The van der Waals surface area contributed by atoms with Gasteiger partial charge in [-0.3, -0.25) is 9.69 Å². The summed E-state index contributed by atoms with van der Waals surface area (Å²) in [5, 5.41) is 0. The summed E-state index contributed by atoms with van der Waals surface area (Å²) in [4.78, 5) is 13.9. The highest BCUT2D eigenvalue weighted by atomic mass is 16.5. The van der Waals surface area contributed by atoms with Crippen LogP contribution in [0, 0.1) is 0 Å². The molecule has 1 saturated heterocycles. The lowest BCUT2D eigenvalue weighted by molar-refractivity contribution is -0.117. The molecule has 2 saturated carbocycles. The van der Waals surface area contributed by atoms with E-state index >= 15 is 0 Å². The van der Waals surface area contributed by atoms with Crippen molar-refractivity contribution < 1.29 is 14.3 Å². The number of nitrogens with zero attached hydrogens (tertiary/aromatic N) is 1. The van der Waals surface area contributed by atoms with Crippen LogP contribution >= 0.6 is 0 Å². The van der Waals surface area contributed by atoms with Gasteiger partial charge in [0.2, 0.25) is 0 Å². The van der Waals surface area contributed by atoms with Gasteiger partial charge in [0, 0.05) is 32.2 Å². The van der Waals surface area contributed by atoms with Crippen molar-refractivity contribution in [1.29, 1.82) is 0 Å². The van der Waals surface area contributed by atoms with E-state index in [-0.39, 0.29) is 0 Å². The van der Waals surface area contributed by atoms with E-state index in [2.05, 4.69) is 4.90 Å². The smallest absolute Gasteiger partial charge is 0.148 e. The van der Waals surface area contributed by atoms with Crippen molar-refractivity contribution >= 4 is 5.78 Å². The van der Waals surface area contributed by atoms with Gasteiger partial charge in [-0.05, 0) is 32.1 Å². The average Bonchev–Trinajstić information content (AvgIpc) is 3.02. The highest BCUT2D eigenvalue weighted by Crippen LogP contribution is 2.27. The number of carbonyl (C=O) groups is 1. The molecular formula is C19H33NO3. The van der Waals surface area contributed by atoms with Gasteiger partial charge in [0.15, 0.2) is 0 Å². The van der Waals surface area contributed by atoms with Crippen molar-refractivity contribution in [1.82, 2.24) is 4.90 Å². The van der Waals surface area contributed by atoms with Crippen LogP contribution in [0.1, 0.15) is 70.6 Å². The molecule has 23 heavy (non-hydrogen) atoms. The summed E-state index contributed by atoms with van der Waals surface area (Å²) in [7, 11) is 0. The van der Waals surface area contributed by atoms with Gasteiger partial charge in [-0.25, -0.2) is 0 Å². The summed E-state index contributed by atoms with van der Waals surface area (Å²) in [6, 6.07) is 0.467. The zero-order valence-corrected chi connectivity index (χ0v) is 14.5. The lowest BCUT2D eigenvalue weighted by Crippen LogP contribution is -2.45. The lowest BCUT2D eigenvalue weighted by Gasteiger charge is -2.37. The maximum absolute atomic E-state index is 11.6. The van der Waals surface area contributed by atoms with Crippen molar-refractivity contribution in [2.24, 2.45) is 0 Å². The number of Topliss-reactive ketones (excluding diaryl/α,β-unsaturated/α-hetero) is 1. The van der Waals surface area contributed by atoms with Crippen molar-refractivity contribution in [2.75, 3.05) is 26.3 Å². The van der Waals surface area contributed by atoms with E-state index in [1.54, 1.807) is 0 Å². The van der Waals surface area contributed by atoms with Crippen LogP contribution in [0.4, 0.5) is 0 Å². The Hall–Kier alpha value is -0.450. The molecule has 0 radical (unpaired) electrons. The van der Waals surface area contributed by atoms with Crippen molar-refractivity contribution in [2.45, 2.75) is 88.9 Å². The van der Waals surface area contributed by atoms with Gasteiger partial charge < -0.3 is 9.47 Å². The fourth-order valence-electron chi connectivity index (χ4n) is 4.40. The van der Waals surface area contributed by atoms with Crippen LogP contribution in [0.5, 0.6) is 0 Å². The molecule has 2 atom stereocenters. The predicted octanol–water partition coefficient (Wildman–Crippen LogP) is 3.33. The van der Waals surface area contributed by atoms with E-state index in [0.29, 0.717) is 30.6 Å². The minimum absolute atomic E-state index is 0.323. The first-order valence-corrected chi connectivity index (χ1v) is 9.82. The first kappa shape index (κ1) is 17.4. The lowest BCUT2D eigenvalue weighted by atomic mass is 9.91. The molecule has 3 rings (SSSR count). The quantitative estimate of drug-likeness (QED) is 0.674. The zero-order chi connectivity index (χ0) is 15.9. The third-order valence-electron chi connectivity index (χ3n) is 5.72. The van der Waals surface area contributed by atoms with Crippen molar-refractivity contribution in [3.63, 3.8) is 0 Å². The molecular weight excluding hydrogens is 290 g/mol. The minimum Gasteiger partial charge on any atom is -0.378 e. The summed E-state index contributed by atoms with van der Waals surface area (Å²) < 4.78 is 12.2. The molecule has 4 nitrogen and oxygen atoms in total. The van der Waals surface area contributed by atoms with E-state index in [9.17, 15) is 4.79 Å². The maximum atomic E-state index is 11.6. The molecule has 0 aromatic carbocycles. The van der Waals surface area contributed by atoms with Crippen LogP contribution in [0.3, 0.4) is 0 Å². The zero-order valence-electron chi connectivity index (χ0n) is 14.5. The Balaban J connectivity index is 1.33. The van der Waals surface area contributed by atoms with Gasteiger partial charge in [-0.2, -0.15) is 0 Å². The molecule has 0 spiro atoms. The number of ketones is 1. The molecule has 3 aliphatic rings. The number of rotatable bonds is 7. The summed E-state index contributed by atoms with van der Waals surface area (Å²) in [5.41, 5.74) is 0. The molecule has 0 unspecified atom stereocenters. The van der Waals surface area contributed by atoms with Gasteiger partial charge >= 0.3 is 0 Å². The molecule has 0 amide bonds. The Morgan fingerprint density at radius 1 is 0.913 bits per heavy atom. The predicted molar refractivity (Wildman–Crippen MR) is 90.6 cm³/mol. The van der Waals surface area contributed by atoms with Gasteiger partial charge in [0.05, 0.1) is 18.8 Å². The van der Waals surface area contributed by atoms with E-state index < -0.39 is 0 Å². The first-order valence-electron chi connectivity index (χ1n) is 9.82. The molecule has 1 aliphatic heterocycles. The van der Waals surface area contributed by atoms with Crippen LogP contribution < -0.4 is 0 Å². The summed E-state index contributed by atoms with van der Waals surface area (Å²) in [6.07, 6.45) is 14.0. The fraction of sp³-hybridized carbons (Fsp3) is 0.947. The molecule has 0 aromatic rings. The number of hydrogen-bond donors (Lipinski definition) is 0. The molecule has 1 heterocycles. The Morgan fingerprint density at radius 3 is 2.43 bits per heavy atom. The number of ether oxygens (including phenoxy) is 2. The second-order valence-electron chi connectivity index (χ2n) is 7.50. The van der Waals surface area contributed by atoms with E-state index in [1.807, 2.05) is 0 Å². The van der Waals surface area contributed by atoms with Gasteiger partial charge in [0.1, 0.15) is 5.78 Å². The fourth-order valence-corrected chi connectivity index (χ4v) is 4.40. The third kappa shape index (κ3) is 5.27. The summed E-state index contributed by atoms with van der Waals surface area (Å²) in [5.74, 6) is 0.398. The van der Waals surface area contributed by atoms with Gasteiger partial charge in [-0.15, -0.1) is 0 Å². The maximum Gasteiger partial charge on any atom is 0.148 e. The van der Waals surface area contributed by atoms with Crippen LogP contribution in [-0.4, -0.2) is 55.2 Å². The van der Waals surface area contributed by atoms with Crippen LogP contribution in [0.2, 0.25) is 0 Å².